The lowest BCUT2D eigenvalue weighted by atomic mass is 10.2. The normalized spacial score (nSPS) is 14.4. The molecule has 168 valence electrons. The molecule has 0 saturated heterocycles. The van der Waals surface area contributed by atoms with Crippen LogP contribution in [0.5, 0.6) is 0 Å². The predicted octanol–water partition coefficient (Wildman–Crippen LogP) is 2.77. The van der Waals surface area contributed by atoms with Crippen molar-refractivity contribution in [3.8, 4) is 0 Å². The number of quaternary nitrogens is 1. The molecule has 0 bridgehead atoms. The number of carbonyl (C=O) groups excluding carboxylic acids is 1. The van der Waals surface area contributed by atoms with E-state index < -0.39 is 10.0 Å². The topological polar surface area (TPSA) is 70.9 Å². The second-order valence-corrected chi connectivity index (χ2v) is 11.2. The molecule has 1 amide bonds. The molecule has 0 spiro atoms. The molecule has 1 aromatic heterocycles. The Kier molecular flexibility index (Phi) is 6.57. The number of fused-ring (bicyclic) bond motifs is 1. The first-order valence-corrected chi connectivity index (χ1v) is 13.0. The Morgan fingerprint density at radius 1 is 1.19 bits per heavy atom. The molecule has 1 aliphatic rings. The zero-order valence-corrected chi connectivity index (χ0v) is 20.2. The maximum absolute atomic E-state index is 13.4. The van der Waals surface area contributed by atoms with Crippen molar-refractivity contribution < 1.29 is 18.1 Å². The quantitative estimate of drug-likeness (QED) is 0.535. The van der Waals surface area contributed by atoms with Gasteiger partial charge >= 0.3 is 0 Å². The van der Waals surface area contributed by atoms with E-state index in [-0.39, 0.29) is 27.4 Å². The van der Waals surface area contributed by atoms with E-state index in [9.17, 15) is 13.2 Å². The third kappa shape index (κ3) is 4.41. The molecule has 4 rings (SSSR count). The number of rotatable bonds is 7. The van der Waals surface area contributed by atoms with Gasteiger partial charge in [0.15, 0.2) is 0 Å². The van der Waals surface area contributed by atoms with E-state index in [1.54, 1.807) is 23.5 Å². The minimum Gasteiger partial charge on any atom is -0.346 e. The van der Waals surface area contributed by atoms with E-state index in [0.29, 0.717) is 25.2 Å². The Hall–Kier alpha value is -2.39. The second-order valence-electron chi connectivity index (χ2n) is 7.96. The van der Waals surface area contributed by atoms with Gasteiger partial charge in [-0.25, -0.2) is 8.42 Å². The standard InChI is InChI=1S/C23H24ClN3O3S2/c1-26(2)20(21-8-5-13-31-21)15-25-23(28)17-9-10-18(24)22(14-17)32(29,30)27-12-11-16-6-3-4-7-19(16)27/h3-10,13-14,20H,11-12,15H2,1-2H3,(H,25,28)/p+1/t20-/m1/s1. The number of hydrogen-bond donors (Lipinski definition) is 2. The fourth-order valence-electron chi connectivity index (χ4n) is 3.89. The lowest BCUT2D eigenvalue weighted by molar-refractivity contribution is -0.890. The molecule has 2 N–H and O–H groups in total. The smallest absolute Gasteiger partial charge is 0.265 e. The van der Waals surface area contributed by atoms with Crippen LogP contribution >= 0.6 is 22.9 Å². The third-order valence-electron chi connectivity index (χ3n) is 5.66. The molecule has 0 saturated carbocycles. The van der Waals surface area contributed by atoms with E-state index in [1.165, 1.54) is 26.2 Å². The third-order valence-corrected chi connectivity index (χ3v) is 8.94. The number of likely N-dealkylation sites (N-methyl/N-ethyl adjacent to an activating group) is 1. The number of benzene rings is 2. The zero-order chi connectivity index (χ0) is 22.9. The van der Waals surface area contributed by atoms with E-state index in [4.69, 9.17) is 11.6 Å². The van der Waals surface area contributed by atoms with Gasteiger partial charge in [-0.05, 0) is 47.7 Å². The number of hydrogen-bond acceptors (Lipinski definition) is 4. The molecule has 6 nitrogen and oxygen atoms in total. The van der Waals surface area contributed by atoms with Crippen molar-refractivity contribution in [3.05, 3.63) is 81.0 Å². The van der Waals surface area contributed by atoms with Crippen molar-refractivity contribution in [1.29, 1.82) is 0 Å². The van der Waals surface area contributed by atoms with Crippen molar-refractivity contribution in [1.82, 2.24) is 5.32 Å². The zero-order valence-electron chi connectivity index (χ0n) is 17.8. The number of nitrogens with one attached hydrogen (secondary N) is 2. The fourth-order valence-corrected chi connectivity index (χ4v) is 6.86. The van der Waals surface area contributed by atoms with Crippen molar-refractivity contribution in [2.75, 3.05) is 31.5 Å². The van der Waals surface area contributed by atoms with Crippen molar-refractivity contribution in [2.24, 2.45) is 0 Å². The van der Waals surface area contributed by atoms with Crippen LogP contribution in [0.4, 0.5) is 5.69 Å². The monoisotopic (exact) mass is 490 g/mol. The summed E-state index contributed by atoms with van der Waals surface area (Å²) in [4.78, 5) is 15.2. The summed E-state index contributed by atoms with van der Waals surface area (Å²) in [6.45, 7) is 0.786. The summed E-state index contributed by atoms with van der Waals surface area (Å²) in [5.74, 6) is -0.331. The predicted molar refractivity (Wildman–Crippen MR) is 128 cm³/mol. The van der Waals surface area contributed by atoms with Crippen molar-refractivity contribution in [2.45, 2.75) is 17.4 Å². The van der Waals surface area contributed by atoms with Gasteiger partial charge in [-0.3, -0.25) is 9.10 Å². The Morgan fingerprint density at radius 3 is 2.69 bits per heavy atom. The van der Waals surface area contributed by atoms with Crippen LogP contribution in [0.3, 0.4) is 0 Å². The largest absolute Gasteiger partial charge is 0.346 e. The van der Waals surface area contributed by atoms with Gasteiger partial charge < -0.3 is 10.2 Å². The van der Waals surface area contributed by atoms with Crippen LogP contribution in [0.2, 0.25) is 5.02 Å². The Balaban J connectivity index is 1.57. The fraction of sp³-hybridized carbons (Fsp3) is 0.261. The van der Waals surface area contributed by atoms with E-state index in [0.717, 1.165) is 5.56 Å². The molecule has 32 heavy (non-hydrogen) atoms. The highest BCUT2D eigenvalue weighted by Crippen LogP contribution is 2.35. The molecule has 9 heteroatoms. The number of halogens is 1. The van der Waals surface area contributed by atoms with Crippen LogP contribution in [0.1, 0.15) is 26.8 Å². The van der Waals surface area contributed by atoms with E-state index in [2.05, 4.69) is 11.4 Å². The van der Waals surface area contributed by atoms with Gasteiger partial charge in [0.1, 0.15) is 10.9 Å². The lowest BCUT2D eigenvalue weighted by Gasteiger charge is -2.22. The van der Waals surface area contributed by atoms with E-state index >= 15 is 0 Å². The molecule has 1 atom stereocenters. The second kappa shape index (κ2) is 9.23. The number of anilines is 1. The van der Waals surface area contributed by atoms with Gasteiger partial charge in [0.05, 0.1) is 36.2 Å². The summed E-state index contributed by atoms with van der Waals surface area (Å²) in [7, 11) is 0.178. The lowest BCUT2D eigenvalue weighted by Crippen LogP contribution is -3.06. The summed E-state index contributed by atoms with van der Waals surface area (Å²) in [5, 5.41) is 5.06. The van der Waals surface area contributed by atoms with Gasteiger partial charge in [0.2, 0.25) is 0 Å². The van der Waals surface area contributed by atoms with Crippen LogP contribution in [-0.2, 0) is 16.4 Å². The van der Waals surface area contributed by atoms with Gasteiger partial charge in [-0.15, -0.1) is 11.3 Å². The van der Waals surface area contributed by atoms with Gasteiger partial charge in [0, 0.05) is 12.1 Å². The Bertz CT molecular complexity index is 1230. The van der Waals surface area contributed by atoms with Gasteiger partial charge in [-0.1, -0.05) is 35.9 Å². The molecule has 0 fully saturated rings. The Labute approximate surface area is 197 Å². The highest BCUT2D eigenvalue weighted by Gasteiger charge is 2.32. The molecule has 0 aliphatic carbocycles. The molecule has 2 heterocycles. The maximum atomic E-state index is 13.4. The number of thiophene rings is 1. The summed E-state index contributed by atoms with van der Waals surface area (Å²) in [6.07, 6.45) is 0.643. The summed E-state index contributed by atoms with van der Waals surface area (Å²) >= 11 is 7.94. The van der Waals surface area contributed by atoms with Crippen LogP contribution in [-0.4, -0.2) is 41.5 Å². The van der Waals surface area contributed by atoms with Crippen molar-refractivity contribution >= 4 is 44.6 Å². The summed E-state index contributed by atoms with van der Waals surface area (Å²) < 4.78 is 28.2. The SMILES string of the molecule is C[NH+](C)[C@H](CNC(=O)c1ccc(Cl)c(S(=O)(=O)N2CCc3ccccc32)c1)c1cccs1. The molecule has 3 aromatic rings. The number of amides is 1. The molecule has 0 radical (unpaired) electrons. The summed E-state index contributed by atoms with van der Waals surface area (Å²) in [6, 6.07) is 16.0. The summed E-state index contributed by atoms with van der Waals surface area (Å²) in [5.41, 5.74) is 1.90. The van der Waals surface area contributed by atoms with Crippen LogP contribution in [0.15, 0.2) is 64.9 Å². The van der Waals surface area contributed by atoms with Gasteiger partial charge in [-0.2, -0.15) is 0 Å². The minimum atomic E-state index is -3.90. The van der Waals surface area contributed by atoms with Crippen LogP contribution < -0.4 is 14.5 Å². The number of nitrogens with zero attached hydrogens (tertiary/aromatic N) is 1. The first-order chi connectivity index (χ1) is 15.3. The van der Waals surface area contributed by atoms with Gasteiger partial charge in [0.25, 0.3) is 15.9 Å². The highest BCUT2D eigenvalue weighted by molar-refractivity contribution is 7.93. The van der Waals surface area contributed by atoms with Crippen LogP contribution in [0, 0.1) is 0 Å². The Morgan fingerprint density at radius 2 is 1.97 bits per heavy atom. The molecule has 0 unspecified atom stereocenters. The van der Waals surface area contributed by atoms with E-state index in [1.807, 2.05) is 43.7 Å². The first-order valence-electron chi connectivity index (χ1n) is 10.3. The number of para-hydroxylation sites is 1. The average molecular weight is 491 g/mol. The molecule has 2 aromatic carbocycles. The molecule has 1 aliphatic heterocycles. The minimum absolute atomic E-state index is 0.0587. The molecular formula is C23H25ClN3O3S2+. The van der Waals surface area contributed by atoms with Crippen LogP contribution in [0.25, 0.3) is 0 Å². The van der Waals surface area contributed by atoms with Crippen molar-refractivity contribution in [3.63, 3.8) is 0 Å². The maximum Gasteiger partial charge on any atom is 0.265 e. The molecular weight excluding hydrogens is 466 g/mol. The number of carbonyl (C=O) groups is 1. The number of sulfonamides is 1. The highest BCUT2D eigenvalue weighted by atomic mass is 35.5. The average Bonchev–Trinajstić information content (AvgIpc) is 3.44. The first kappa shape index (κ1) is 22.8.